The van der Waals surface area contributed by atoms with Crippen molar-refractivity contribution in [2.45, 2.75) is 32.8 Å². The topological polar surface area (TPSA) is 109 Å². The van der Waals surface area contributed by atoms with E-state index in [-0.39, 0.29) is 18.5 Å². The van der Waals surface area contributed by atoms with E-state index >= 15 is 0 Å². The minimum atomic E-state index is -0.713. The van der Waals surface area contributed by atoms with Crippen LogP contribution in [-0.4, -0.2) is 36.7 Å². The molecule has 0 unspecified atom stereocenters. The van der Waals surface area contributed by atoms with Gasteiger partial charge in [0.25, 0.3) is 5.91 Å². The first-order valence-electron chi connectivity index (χ1n) is 9.69. The van der Waals surface area contributed by atoms with Crippen LogP contribution in [0.1, 0.15) is 37.6 Å². The second-order valence-electron chi connectivity index (χ2n) is 7.57. The van der Waals surface area contributed by atoms with Gasteiger partial charge in [0.2, 0.25) is 0 Å². The normalized spacial score (nSPS) is 10.5. The van der Waals surface area contributed by atoms with E-state index in [2.05, 4.69) is 5.32 Å². The average Bonchev–Trinajstić information content (AvgIpc) is 2.71. The van der Waals surface area contributed by atoms with E-state index in [1.807, 2.05) is 12.1 Å². The van der Waals surface area contributed by atoms with Crippen molar-refractivity contribution in [3.05, 3.63) is 60.2 Å². The molecule has 0 heterocycles. The maximum absolute atomic E-state index is 12.6. The van der Waals surface area contributed by atoms with Gasteiger partial charge in [-0.25, -0.2) is 9.59 Å². The maximum Gasteiger partial charge on any atom is 0.412 e. The van der Waals surface area contributed by atoms with Gasteiger partial charge in [-0.3, -0.25) is 10.1 Å². The first-order chi connectivity index (χ1) is 14.7. The highest BCUT2D eigenvalue weighted by atomic mass is 16.6. The van der Waals surface area contributed by atoms with E-state index in [4.69, 9.17) is 14.7 Å². The second-order valence-corrected chi connectivity index (χ2v) is 7.57. The Morgan fingerprint density at radius 1 is 1.06 bits per heavy atom. The van der Waals surface area contributed by atoms with Crippen molar-refractivity contribution in [3.8, 4) is 6.07 Å². The molecule has 162 valence electrons. The zero-order valence-electron chi connectivity index (χ0n) is 17.8. The highest BCUT2D eigenvalue weighted by Crippen LogP contribution is 2.16. The van der Waals surface area contributed by atoms with Crippen molar-refractivity contribution in [3.63, 3.8) is 0 Å². The molecule has 0 atom stereocenters. The Morgan fingerprint density at radius 3 is 2.42 bits per heavy atom. The summed E-state index contributed by atoms with van der Waals surface area (Å²) in [6, 6.07) is 17.0. The number of rotatable bonds is 7. The number of nitriles is 1. The van der Waals surface area contributed by atoms with Gasteiger partial charge in [-0.2, -0.15) is 5.26 Å². The molecule has 0 saturated carbocycles. The van der Waals surface area contributed by atoms with Crippen LogP contribution in [0.2, 0.25) is 0 Å². The molecule has 31 heavy (non-hydrogen) atoms. The molecule has 2 aromatic carbocycles. The summed E-state index contributed by atoms with van der Waals surface area (Å²) >= 11 is 0. The van der Waals surface area contributed by atoms with Crippen molar-refractivity contribution in [1.29, 1.82) is 5.26 Å². The zero-order chi connectivity index (χ0) is 22.9. The molecule has 2 rings (SSSR count). The van der Waals surface area contributed by atoms with Crippen LogP contribution in [0.4, 0.5) is 16.2 Å². The summed E-state index contributed by atoms with van der Waals surface area (Å²) in [6.45, 7) is 4.93. The number of ether oxygens (including phenoxy) is 2. The molecule has 0 spiro atoms. The van der Waals surface area contributed by atoms with Crippen molar-refractivity contribution in [2.75, 3.05) is 23.4 Å². The molecule has 8 heteroatoms. The summed E-state index contributed by atoms with van der Waals surface area (Å²) < 4.78 is 10.3. The van der Waals surface area contributed by atoms with Gasteiger partial charge in [-0.1, -0.05) is 24.3 Å². The number of carbonyl (C=O) groups excluding carboxylic acids is 3. The number of hydrogen-bond acceptors (Lipinski definition) is 6. The van der Waals surface area contributed by atoms with Crippen LogP contribution in [0.5, 0.6) is 0 Å². The molecule has 0 fully saturated rings. The number of nitrogens with zero attached hydrogens (tertiary/aromatic N) is 2. The number of carbonyl (C=O) groups is 3. The van der Waals surface area contributed by atoms with Gasteiger partial charge in [0.1, 0.15) is 5.60 Å². The molecule has 0 aliphatic heterocycles. The highest BCUT2D eigenvalue weighted by Gasteiger charge is 2.19. The van der Waals surface area contributed by atoms with Gasteiger partial charge >= 0.3 is 12.1 Å². The Hall–Kier alpha value is -3.86. The van der Waals surface area contributed by atoms with Crippen LogP contribution in [0.15, 0.2) is 54.6 Å². The zero-order valence-corrected chi connectivity index (χ0v) is 17.8. The number of anilines is 2. The Labute approximate surface area is 181 Å². The van der Waals surface area contributed by atoms with Crippen LogP contribution in [0.3, 0.4) is 0 Å². The first kappa shape index (κ1) is 23.4. The Bertz CT molecular complexity index is 961. The third kappa shape index (κ3) is 7.82. The highest BCUT2D eigenvalue weighted by molar-refractivity contribution is 5.97. The lowest BCUT2D eigenvalue weighted by atomic mass is 10.2. The predicted octanol–water partition coefficient (Wildman–Crippen LogP) is 4.14. The quantitative estimate of drug-likeness (QED) is 0.671. The van der Waals surface area contributed by atoms with Gasteiger partial charge in [-0.15, -0.1) is 0 Å². The fourth-order valence-corrected chi connectivity index (χ4v) is 2.60. The Morgan fingerprint density at radius 2 is 1.77 bits per heavy atom. The van der Waals surface area contributed by atoms with Crippen molar-refractivity contribution in [2.24, 2.45) is 0 Å². The number of nitrogens with one attached hydrogen (secondary N) is 1. The predicted molar refractivity (Wildman–Crippen MR) is 116 cm³/mol. The van der Waals surface area contributed by atoms with E-state index in [0.29, 0.717) is 11.4 Å². The molecule has 0 aliphatic rings. The van der Waals surface area contributed by atoms with Crippen LogP contribution in [0.25, 0.3) is 0 Å². The van der Waals surface area contributed by atoms with Gasteiger partial charge in [0, 0.05) is 17.9 Å². The van der Waals surface area contributed by atoms with Crippen LogP contribution in [0, 0.1) is 11.3 Å². The van der Waals surface area contributed by atoms with E-state index in [1.54, 1.807) is 57.2 Å². The number of amides is 2. The molecular weight excluding hydrogens is 398 g/mol. The average molecular weight is 423 g/mol. The largest absolute Gasteiger partial charge is 0.452 e. The summed E-state index contributed by atoms with van der Waals surface area (Å²) in [4.78, 5) is 38.3. The van der Waals surface area contributed by atoms with Crippen LogP contribution in [-0.2, 0) is 14.3 Å². The number of benzene rings is 2. The molecule has 8 nitrogen and oxygen atoms in total. The molecule has 0 radical (unpaired) electrons. The molecule has 0 aliphatic carbocycles. The summed E-state index contributed by atoms with van der Waals surface area (Å²) in [5.74, 6) is -1.16. The lowest BCUT2D eigenvalue weighted by molar-refractivity contribution is -0.121. The maximum atomic E-state index is 12.6. The smallest absolute Gasteiger partial charge is 0.412 e. The van der Waals surface area contributed by atoms with Crippen molar-refractivity contribution >= 4 is 29.3 Å². The lowest BCUT2D eigenvalue weighted by Gasteiger charge is -2.21. The van der Waals surface area contributed by atoms with Gasteiger partial charge in [0.05, 0.1) is 18.1 Å². The third-order valence-electron chi connectivity index (χ3n) is 3.89. The second kappa shape index (κ2) is 10.8. The molecule has 0 aromatic heterocycles. The van der Waals surface area contributed by atoms with E-state index in [0.717, 1.165) is 0 Å². The van der Waals surface area contributed by atoms with Gasteiger partial charge < -0.3 is 14.4 Å². The van der Waals surface area contributed by atoms with Gasteiger partial charge in [-0.05, 0) is 51.1 Å². The minimum absolute atomic E-state index is 0.146. The third-order valence-corrected chi connectivity index (χ3v) is 3.89. The fourth-order valence-electron chi connectivity index (χ4n) is 2.60. The standard InChI is InChI=1S/C23H25N3O5/c1-23(2,3)31-22(29)25-18-10-7-9-17(15-18)21(28)30-16-20(27)26(14-8-13-24)19-11-5-4-6-12-19/h4-7,9-12,15H,8,14,16H2,1-3H3,(H,25,29). The van der Waals surface area contributed by atoms with Crippen LogP contribution >= 0.6 is 0 Å². The van der Waals surface area contributed by atoms with Crippen molar-refractivity contribution in [1.82, 2.24) is 0 Å². The monoisotopic (exact) mass is 423 g/mol. The first-order valence-corrected chi connectivity index (χ1v) is 9.69. The number of para-hydroxylation sites is 1. The fraction of sp³-hybridized carbons (Fsp3) is 0.304. The molecular formula is C23H25N3O5. The minimum Gasteiger partial charge on any atom is -0.452 e. The summed E-state index contributed by atoms with van der Waals surface area (Å²) in [5.41, 5.74) is 0.485. The molecule has 2 amide bonds. The summed E-state index contributed by atoms with van der Waals surface area (Å²) in [6.07, 6.45) is -0.503. The van der Waals surface area contributed by atoms with E-state index in [1.165, 1.54) is 17.0 Å². The van der Waals surface area contributed by atoms with Crippen LogP contribution < -0.4 is 10.2 Å². The van der Waals surface area contributed by atoms with Gasteiger partial charge in [0.15, 0.2) is 6.61 Å². The summed E-state index contributed by atoms with van der Waals surface area (Å²) in [7, 11) is 0. The molecule has 1 N–H and O–H groups in total. The summed E-state index contributed by atoms with van der Waals surface area (Å²) in [5, 5.41) is 11.4. The molecule has 2 aromatic rings. The van der Waals surface area contributed by atoms with Crippen molar-refractivity contribution < 1.29 is 23.9 Å². The number of hydrogen-bond donors (Lipinski definition) is 1. The van der Waals surface area contributed by atoms with E-state index in [9.17, 15) is 14.4 Å². The Kier molecular flexibility index (Phi) is 8.15. The lowest BCUT2D eigenvalue weighted by Crippen LogP contribution is -2.35. The number of esters is 1. The molecule has 0 saturated heterocycles. The van der Waals surface area contributed by atoms with E-state index < -0.39 is 30.2 Å². The Balaban J connectivity index is 2.00. The SMILES string of the molecule is CC(C)(C)OC(=O)Nc1cccc(C(=O)OCC(=O)N(CCC#N)c2ccccc2)c1. The molecule has 0 bridgehead atoms.